The molecular formula is C14H18N2O2S2. The number of nitrogens with zero attached hydrogens (tertiary/aromatic N) is 1. The van der Waals surface area contributed by atoms with Gasteiger partial charge in [0.05, 0.1) is 4.90 Å². The molecule has 0 bridgehead atoms. The van der Waals surface area contributed by atoms with E-state index in [0.29, 0.717) is 6.54 Å². The van der Waals surface area contributed by atoms with Crippen LogP contribution in [0.15, 0.2) is 46.7 Å². The van der Waals surface area contributed by atoms with Gasteiger partial charge in [0.1, 0.15) is 0 Å². The van der Waals surface area contributed by atoms with Crippen molar-refractivity contribution >= 4 is 21.4 Å². The Hall–Kier alpha value is -1.21. The molecule has 20 heavy (non-hydrogen) atoms. The number of thiophene rings is 1. The average molecular weight is 310 g/mol. The highest BCUT2D eigenvalue weighted by Crippen LogP contribution is 2.21. The molecule has 2 aromatic rings. The molecule has 0 aliphatic carbocycles. The first kappa shape index (κ1) is 15.2. The van der Waals surface area contributed by atoms with Crippen LogP contribution in [0.1, 0.15) is 23.4 Å². The van der Waals surface area contributed by atoms with Gasteiger partial charge in [-0.1, -0.05) is 18.2 Å². The lowest BCUT2D eigenvalue weighted by molar-refractivity contribution is 0.469. The molecule has 0 amide bonds. The van der Waals surface area contributed by atoms with Gasteiger partial charge in [-0.2, -0.15) is 4.31 Å². The number of hydrogen-bond donors (Lipinski definition) is 1. The molecule has 0 spiro atoms. The van der Waals surface area contributed by atoms with Crippen LogP contribution in [0, 0.1) is 0 Å². The van der Waals surface area contributed by atoms with Crippen molar-refractivity contribution in [3.05, 3.63) is 52.2 Å². The number of rotatable bonds is 5. The molecule has 1 heterocycles. The summed E-state index contributed by atoms with van der Waals surface area (Å²) < 4.78 is 26.4. The molecular weight excluding hydrogens is 292 g/mol. The van der Waals surface area contributed by atoms with Gasteiger partial charge in [0, 0.05) is 24.5 Å². The Balaban J connectivity index is 2.27. The van der Waals surface area contributed by atoms with E-state index in [2.05, 4.69) is 0 Å². The lowest BCUT2D eigenvalue weighted by atomic mass is 10.1. The largest absolute Gasteiger partial charge is 0.324 e. The van der Waals surface area contributed by atoms with Crippen molar-refractivity contribution < 1.29 is 8.42 Å². The number of hydrogen-bond acceptors (Lipinski definition) is 4. The fourth-order valence-electron chi connectivity index (χ4n) is 1.85. The Labute approximate surface area is 123 Å². The van der Waals surface area contributed by atoms with Crippen LogP contribution in [-0.4, -0.2) is 19.8 Å². The van der Waals surface area contributed by atoms with Gasteiger partial charge in [0.15, 0.2) is 0 Å². The average Bonchev–Trinajstić information content (AvgIpc) is 2.91. The summed E-state index contributed by atoms with van der Waals surface area (Å²) in [6, 6.07) is 10.5. The second-order valence-electron chi connectivity index (χ2n) is 4.70. The monoisotopic (exact) mass is 310 g/mol. The van der Waals surface area contributed by atoms with Crippen LogP contribution in [0.3, 0.4) is 0 Å². The van der Waals surface area contributed by atoms with E-state index in [1.165, 1.54) is 4.31 Å². The molecule has 0 saturated heterocycles. The van der Waals surface area contributed by atoms with Crippen molar-refractivity contribution in [2.24, 2.45) is 5.73 Å². The fraction of sp³-hybridized carbons (Fsp3) is 0.286. The minimum atomic E-state index is -3.49. The van der Waals surface area contributed by atoms with Crippen LogP contribution in [0.4, 0.5) is 0 Å². The topological polar surface area (TPSA) is 63.4 Å². The minimum Gasteiger partial charge on any atom is -0.324 e. The SMILES string of the molecule is CC(N)c1cccc(S(=O)(=O)N(C)Cc2cccs2)c1. The standard InChI is InChI=1S/C14H18N2O2S2/c1-11(15)12-5-3-7-14(9-12)20(17,18)16(2)10-13-6-4-8-19-13/h3-9,11H,10,15H2,1-2H3. The molecule has 0 fully saturated rings. The lowest BCUT2D eigenvalue weighted by Crippen LogP contribution is -2.26. The molecule has 1 atom stereocenters. The van der Waals surface area contributed by atoms with E-state index < -0.39 is 10.0 Å². The molecule has 0 aliphatic heterocycles. The van der Waals surface area contributed by atoms with Gasteiger partial charge in [0.2, 0.25) is 10.0 Å². The Morgan fingerprint density at radius 1 is 1.30 bits per heavy atom. The molecule has 0 saturated carbocycles. The van der Waals surface area contributed by atoms with E-state index in [9.17, 15) is 8.42 Å². The van der Waals surface area contributed by atoms with E-state index >= 15 is 0 Å². The zero-order chi connectivity index (χ0) is 14.8. The van der Waals surface area contributed by atoms with Crippen LogP contribution < -0.4 is 5.73 Å². The van der Waals surface area contributed by atoms with Gasteiger partial charge in [-0.25, -0.2) is 8.42 Å². The Morgan fingerprint density at radius 3 is 2.65 bits per heavy atom. The van der Waals surface area contributed by atoms with E-state index in [1.807, 2.05) is 30.5 Å². The summed E-state index contributed by atoms with van der Waals surface area (Å²) in [5.74, 6) is 0. The third-order valence-electron chi connectivity index (χ3n) is 3.05. The summed E-state index contributed by atoms with van der Waals surface area (Å²) in [7, 11) is -1.90. The highest BCUT2D eigenvalue weighted by atomic mass is 32.2. The molecule has 0 aliphatic rings. The molecule has 1 aromatic heterocycles. The smallest absolute Gasteiger partial charge is 0.243 e. The molecule has 2 N–H and O–H groups in total. The van der Waals surface area contributed by atoms with Gasteiger partial charge < -0.3 is 5.73 Å². The highest BCUT2D eigenvalue weighted by molar-refractivity contribution is 7.89. The van der Waals surface area contributed by atoms with Crippen molar-refractivity contribution in [3.63, 3.8) is 0 Å². The van der Waals surface area contributed by atoms with Crippen LogP contribution in [0.2, 0.25) is 0 Å². The van der Waals surface area contributed by atoms with E-state index in [1.54, 1.807) is 36.6 Å². The molecule has 2 rings (SSSR count). The molecule has 6 heteroatoms. The van der Waals surface area contributed by atoms with Crippen molar-refractivity contribution in [2.75, 3.05) is 7.05 Å². The summed E-state index contributed by atoms with van der Waals surface area (Å²) in [4.78, 5) is 1.30. The summed E-state index contributed by atoms with van der Waals surface area (Å²) in [5, 5.41) is 1.94. The van der Waals surface area contributed by atoms with E-state index in [0.717, 1.165) is 10.4 Å². The third-order valence-corrected chi connectivity index (χ3v) is 5.71. The molecule has 1 unspecified atom stereocenters. The van der Waals surface area contributed by atoms with E-state index in [4.69, 9.17) is 5.73 Å². The molecule has 0 radical (unpaired) electrons. The first-order chi connectivity index (χ1) is 9.41. The first-order valence-corrected chi connectivity index (χ1v) is 8.57. The maximum absolute atomic E-state index is 12.5. The van der Waals surface area contributed by atoms with Crippen LogP contribution in [0.5, 0.6) is 0 Å². The van der Waals surface area contributed by atoms with Crippen LogP contribution >= 0.6 is 11.3 Å². The van der Waals surface area contributed by atoms with E-state index in [-0.39, 0.29) is 10.9 Å². The maximum atomic E-state index is 12.5. The normalized spacial score (nSPS) is 13.6. The summed E-state index contributed by atoms with van der Waals surface area (Å²) in [5.41, 5.74) is 6.62. The van der Waals surface area contributed by atoms with Crippen LogP contribution in [-0.2, 0) is 16.6 Å². The van der Waals surface area contributed by atoms with Crippen molar-refractivity contribution in [3.8, 4) is 0 Å². The summed E-state index contributed by atoms with van der Waals surface area (Å²) >= 11 is 1.54. The van der Waals surface area contributed by atoms with Crippen molar-refractivity contribution in [1.29, 1.82) is 0 Å². The zero-order valence-corrected chi connectivity index (χ0v) is 13.1. The lowest BCUT2D eigenvalue weighted by Gasteiger charge is -2.17. The molecule has 1 aromatic carbocycles. The second kappa shape index (κ2) is 6.05. The van der Waals surface area contributed by atoms with Gasteiger partial charge >= 0.3 is 0 Å². The first-order valence-electron chi connectivity index (χ1n) is 6.25. The highest BCUT2D eigenvalue weighted by Gasteiger charge is 2.21. The van der Waals surface area contributed by atoms with Gasteiger partial charge in [0.25, 0.3) is 0 Å². The predicted molar refractivity (Wildman–Crippen MR) is 82.0 cm³/mol. The minimum absolute atomic E-state index is 0.187. The maximum Gasteiger partial charge on any atom is 0.243 e. The van der Waals surface area contributed by atoms with Crippen molar-refractivity contribution in [1.82, 2.24) is 4.31 Å². The quantitative estimate of drug-likeness (QED) is 0.923. The second-order valence-corrected chi connectivity index (χ2v) is 7.78. The summed E-state index contributed by atoms with van der Waals surface area (Å²) in [6.07, 6.45) is 0. The van der Waals surface area contributed by atoms with Crippen LogP contribution in [0.25, 0.3) is 0 Å². The van der Waals surface area contributed by atoms with Gasteiger partial charge in [-0.15, -0.1) is 11.3 Å². The van der Waals surface area contributed by atoms with Gasteiger partial charge in [-0.3, -0.25) is 0 Å². The Morgan fingerprint density at radius 2 is 2.05 bits per heavy atom. The predicted octanol–water partition coefficient (Wildman–Crippen LogP) is 2.59. The molecule has 4 nitrogen and oxygen atoms in total. The molecule has 108 valence electrons. The Bertz CT molecular complexity index is 664. The van der Waals surface area contributed by atoms with Gasteiger partial charge in [-0.05, 0) is 36.1 Å². The number of nitrogens with two attached hydrogens (primary N) is 1. The van der Waals surface area contributed by atoms with Crippen molar-refractivity contribution in [2.45, 2.75) is 24.4 Å². The number of sulfonamides is 1. The number of benzene rings is 1. The third kappa shape index (κ3) is 3.27. The zero-order valence-electron chi connectivity index (χ0n) is 11.5. The fourth-order valence-corrected chi connectivity index (χ4v) is 3.89. The summed E-state index contributed by atoms with van der Waals surface area (Å²) in [6.45, 7) is 2.21. The Kier molecular flexibility index (Phi) is 4.59.